The molecule has 0 aromatic heterocycles. The summed E-state index contributed by atoms with van der Waals surface area (Å²) in [7, 11) is 0. The van der Waals surface area contributed by atoms with Gasteiger partial charge < -0.3 is 4.74 Å². The Hall–Kier alpha value is -0.860. The highest BCUT2D eigenvalue weighted by Crippen LogP contribution is 2.27. The van der Waals surface area contributed by atoms with Crippen LogP contribution in [0.15, 0.2) is 24.3 Å². The van der Waals surface area contributed by atoms with E-state index in [1.807, 2.05) is 0 Å². The number of ether oxygens (including phenoxy) is 1. The third-order valence-corrected chi connectivity index (χ3v) is 4.19. The fraction of sp³-hybridized carbons (Fsp3) is 0.647. The van der Waals surface area contributed by atoms with Gasteiger partial charge in [-0.05, 0) is 36.3 Å². The van der Waals surface area contributed by atoms with E-state index in [1.165, 1.54) is 30.4 Å². The Morgan fingerprint density at radius 2 is 1.63 bits per heavy atom. The first kappa shape index (κ1) is 13.1. The quantitative estimate of drug-likeness (QED) is 0.823. The van der Waals surface area contributed by atoms with E-state index in [4.69, 9.17) is 4.74 Å². The van der Waals surface area contributed by atoms with Crippen LogP contribution in [0.25, 0.3) is 0 Å². The zero-order valence-corrected chi connectivity index (χ0v) is 12.1. The smallest absolute Gasteiger partial charge is 0.0707 e. The second-order valence-corrected chi connectivity index (χ2v) is 6.57. The van der Waals surface area contributed by atoms with Gasteiger partial charge in [0.15, 0.2) is 0 Å². The lowest BCUT2D eigenvalue weighted by atomic mass is 10.0. The van der Waals surface area contributed by atoms with Crippen LogP contribution in [-0.4, -0.2) is 30.2 Å². The lowest BCUT2D eigenvalue weighted by Crippen LogP contribution is -2.41. The number of fused-ring (bicyclic) bond motifs is 2. The number of likely N-dealkylation sites (tertiary alicyclic amines) is 1. The van der Waals surface area contributed by atoms with Crippen LogP contribution in [0.4, 0.5) is 0 Å². The van der Waals surface area contributed by atoms with Crippen LogP contribution < -0.4 is 0 Å². The molecule has 1 aromatic rings. The Kier molecular flexibility index (Phi) is 3.90. The summed E-state index contributed by atoms with van der Waals surface area (Å²) in [5.74, 6) is 0.737. The van der Waals surface area contributed by atoms with Crippen molar-refractivity contribution in [2.45, 2.75) is 51.9 Å². The second kappa shape index (κ2) is 5.64. The molecule has 2 unspecified atom stereocenters. The third-order valence-electron chi connectivity index (χ3n) is 4.19. The molecule has 1 aromatic carbocycles. The number of hydrogen-bond donors (Lipinski definition) is 0. The summed E-state index contributed by atoms with van der Waals surface area (Å²) in [6, 6.07) is 9.19. The number of hydrogen-bond acceptors (Lipinski definition) is 2. The molecule has 19 heavy (non-hydrogen) atoms. The van der Waals surface area contributed by atoms with Crippen LogP contribution in [0, 0.1) is 5.92 Å². The molecule has 2 heteroatoms. The summed E-state index contributed by atoms with van der Waals surface area (Å²) < 4.78 is 5.89. The van der Waals surface area contributed by atoms with E-state index in [0.29, 0.717) is 12.2 Å². The molecule has 3 rings (SSSR count). The zero-order chi connectivity index (χ0) is 13.2. The van der Waals surface area contributed by atoms with Gasteiger partial charge in [-0.1, -0.05) is 38.1 Å². The van der Waals surface area contributed by atoms with Gasteiger partial charge in [0.05, 0.1) is 12.2 Å². The maximum absolute atomic E-state index is 5.89. The van der Waals surface area contributed by atoms with Crippen molar-refractivity contribution in [3.8, 4) is 0 Å². The molecule has 104 valence electrons. The predicted octanol–water partition coefficient (Wildman–Crippen LogP) is 3.25. The summed E-state index contributed by atoms with van der Waals surface area (Å²) in [6.07, 6.45) is 4.70. The van der Waals surface area contributed by atoms with Gasteiger partial charge in [-0.3, -0.25) is 4.90 Å². The normalized spacial score (nSPS) is 27.1. The molecule has 0 radical (unpaired) electrons. The molecule has 0 N–H and O–H groups in total. The van der Waals surface area contributed by atoms with E-state index >= 15 is 0 Å². The molecule has 2 heterocycles. The van der Waals surface area contributed by atoms with Gasteiger partial charge in [0.1, 0.15) is 0 Å². The lowest BCUT2D eigenvalue weighted by molar-refractivity contribution is -0.0410. The summed E-state index contributed by atoms with van der Waals surface area (Å²) in [5.41, 5.74) is 2.90. The SMILES string of the molecule is CC(C)Cc1ccc(CN2CC3CCC(C2)O3)cc1. The van der Waals surface area contributed by atoms with Crippen molar-refractivity contribution >= 4 is 0 Å². The molecule has 2 fully saturated rings. The second-order valence-electron chi connectivity index (χ2n) is 6.57. The molecule has 0 aliphatic carbocycles. The van der Waals surface area contributed by atoms with Gasteiger partial charge in [-0.2, -0.15) is 0 Å². The average molecular weight is 259 g/mol. The predicted molar refractivity (Wildman–Crippen MR) is 78.2 cm³/mol. The van der Waals surface area contributed by atoms with Gasteiger partial charge in [0.25, 0.3) is 0 Å². The van der Waals surface area contributed by atoms with Crippen LogP contribution in [0.2, 0.25) is 0 Å². The van der Waals surface area contributed by atoms with Gasteiger partial charge >= 0.3 is 0 Å². The fourth-order valence-electron chi connectivity index (χ4n) is 3.34. The maximum atomic E-state index is 5.89. The van der Waals surface area contributed by atoms with E-state index in [1.54, 1.807) is 0 Å². The summed E-state index contributed by atoms with van der Waals surface area (Å²) in [5, 5.41) is 0. The van der Waals surface area contributed by atoms with Crippen LogP contribution in [-0.2, 0) is 17.7 Å². The fourth-order valence-corrected chi connectivity index (χ4v) is 3.34. The largest absolute Gasteiger partial charge is 0.372 e. The third kappa shape index (κ3) is 3.37. The van der Waals surface area contributed by atoms with Crippen LogP contribution in [0.1, 0.15) is 37.8 Å². The van der Waals surface area contributed by atoms with Gasteiger partial charge in [-0.25, -0.2) is 0 Å². The zero-order valence-electron chi connectivity index (χ0n) is 12.1. The van der Waals surface area contributed by atoms with Gasteiger partial charge in [-0.15, -0.1) is 0 Å². The standard InChI is InChI=1S/C17H25NO/c1-13(2)9-14-3-5-15(6-4-14)10-18-11-16-7-8-17(12-18)19-16/h3-6,13,16-17H,7-12H2,1-2H3. The van der Waals surface area contributed by atoms with Crippen molar-refractivity contribution in [1.29, 1.82) is 0 Å². The van der Waals surface area contributed by atoms with Crippen molar-refractivity contribution in [2.75, 3.05) is 13.1 Å². The van der Waals surface area contributed by atoms with Gasteiger partial charge in [0.2, 0.25) is 0 Å². The van der Waals surface area contributed by atoms with Crippen LogP contribution in [0.5, 0.6) is 0 Å². The highest BCUT2D eigenvalue weighted by molar-refractivity contribution is 5.23. The van der Waals surface area contributed by atoms with E-state index in [2.05, 4.69) is 43.0 Å². The first-order valence-corrected chi connectivity index (χ1v) is 7.64. The molecule has 2 saturated heterocycles. The topological polar surface area (TPSA) is 12.5 Å². The Bertz CT molecular complexity index is 400. The highest BCUT2D eigenvalue weighted by atomic mass is 16.5. The van der Waals surface area contributed by atoms with Crippen molar-refractivity contribution in [1.82, 2.24) is 4.90 Å². The van der Waals surface area contributed by atoms with Crippen molar-refractivity contribution in [3.05, 3.63) is 35.4 Å². The average Bonchev–Trinajstić information content (AvgIpc) is 2.71. The highest BCUT2D eigenvalue weighted by Gasteiger charge is 2.33. The van der Waals surface area contributed by atoms with Gasteiger partial charge in [0, 0.05) is 19.6 Å². The molecule has 0 saturated carbocycles. The molecule has 0 spiro atoms. The summed E-state index contributed by atoms with van der Waals surface area (Å²) in [6.45, 7) is 7.86. The summed E-state index contributed by atoms with van der Waals surface area (Å²) >= 11 is 0. The van der Waals surface area contributed by atoms with Crippen molar-refractivity contribution < 1.29 is 4.74 Å². The molecule has 2 atom stereocenters. The van der Waals surface area contributed by atoms with Crippen molar-refractivity contribution in [3.63, 3.8) is 0 Å². The Balaban J connectivity index is 1.57. The van der Waals surface area contributed by atoms with E-state index in [9.17, 15) is 0 Å². The first-order valence-electron chi connectivity index (χ1n) is 7.64. The van der Waals surface area contributed by atoms with Crippen LogP contribution in [0.3, 0.4) is 0 Å². The maximum Gasteiger partial charge on any atom is 0.0707 e. The minimum Gasteiger partial charge on any atom is -0.372 e. The summed E-state index contributed by atoms with van der Waals surface area (Å²) in [4.78, 5) is 2.56. The molecule has 0 amide bonds. The first-order chi connectivity index (χ1) is 9.19. The number of morpholine rings is 1. The monoisotopic (exact) mass is 259 g/mol. The molecular weight excluding hydrogens is 234 g/mol. The molecule has 2 aliphatic heterocycles. The van der Waals surface area contributed by atoms with Crippen molar-refractivity contribution in [2.24, 2.45) is 5.92 Å². The Labute approximate surface area is 116 Å². The number of nitrogens with zero attached hydrogens (tertiary/aromatic N) is 1. The van der Waals surface area contributed by atoms with E-state index in [0.717, 1.165) is 25.6 Å². The number of rotatable bonds is 4. The van der Waals surface area contributed by atoms with E-state index in [-0.39, 0.29) is 0 Å². The minimum absolute atomic E-state index is 0.499. The van der Waals surface area contributed by atoms with E-state index < -0.39 is 0 Å². The molecule has 2 bridgehead atoms. The Morgan fingerprint density at radius 1 is 1.05 bits per heavy atom. The van der Waals surface area contributed by atoms with Crippen LogP contribution >= 0.6 is 0 Å². The minimum atomic E-state index is 0.499. The molecular formula is C17H25NO. The lowest BCUT2D eigenvalue weighted by Gasteiger charge is -2.32. The Morgan fingerprint density at radius 3 is 2.21 bits per heavy atom. The number of benzene rings is 1. The molecule has 2 nitrogen and oxygen atoms in total. The molecule has 2 aliphatic rings.